The molecule has 0 aromatic heterocycles. The summed E-state index contributed by atoms with van der Waals surface area (Å²) in [5, 5.41) is -1.18. The molecule has 0 saturated carbocycles. The molecule has 8 nitrogen and oxygen atoms in total. The Morgan fingerprint density at radius 1 is 0.531 bits per heavy atom. The van der Waals surface area contributed by atoms with Crippen LogP contribution in [0.1, 0.15) is 20.7 Å². The van der Waals surface area contributed by atoms with Crippen molar-refractivity contribution in [2.45, 2.75) is 0 Å². The van der Waals surface area contributed by atoms with E-state index in [0.717, 1.165) is 0 Å². The van der Waals surface area contributed by atoms with E-state index in [1.807, 2.05) is 0 Å². The summed E-state index contributed by atoms with van der Waals surface area (Å²) in [6, 6.07) is 9.41. The van der Waals surface area contributed by atoms with Gasteiger partial charge in [0, 0.05) is 11.1 Å². The van der Waals surface area contributed by atoms with E-state index in [2.05, 4.69) is 0 Å². The van der Waals surface area contributed by atoms with Crippen molar-refractivity contribution in [3.63, 3.8) is 0 Å². The Kier molecular flexibility index (Phi) is 9.43. The van der Waals surface area contributed by atoms with E-state index in [9.17, 15) is 9.59 Å². The summed E-state index contributed by atoms with van der Waals surface area (Å²) in [7, 11) is 0. The fourth-order valence-corrected chi connectivity index (χ4v) is 3.01. The van der Waals surface area contributed by atoms with Crippen molar-refractivity contribution in [2.24, 2.45) is 0 Å². The minimum atomic E-state index is -0.591. The van der Waals surface area contributed by atoms with Crippen LogP contribution in [0.3, 0.4) is 0 Å². The molecule has 2 aromatic rings. The Labute approximate surface area is 195 Å². The first-order chi connectivity index (χ1) is 15.5. The highest BCUT2D eigenvalue weighted by molar-refractivity contribution is 6.68. The summed E-state index contributed by atoms with van der Waals surface area (Å²) in [5.41, 5.74) is 0.597. The minimum absolute atomic E-state index is 0.220. The maximum atomic E-state index is 11.4. The molecule has 2 aromatic carbocycles. The van der Waals surface area contributed by atoms with E-state index in [4.69, 9.17) is 51.6 Å². The lowest BCUT2D eigenvalue weighted by Crippen LogP contribution is -2.15. The zero-order chi connectivity index (χ0) is 22.8. The van der Waals surface area contributed by atoms with Crippen molar-refractivity contribution in [3.05, 3.63) is 47.5 Å². The van der Waals surface area contributed by atoms with Gasteiger partial charge in [-0.05, 0) is 59.6 Å². The van der Waals surface area contributed by atoms with Gasteiger partial charge in [-0.25, -0.2) is 0 Å². The van der Waals surface area contributed by atoms with Gasteiger partial charge in [0.15, 0.2) is 23.0 Å². The largest absolute Gasteiger partial charge is 0.487 e. The number of ether oxygens (including phenoxy) is 6. The summed E-state index contributed by atoms with van der Waals surface area (Å²) in [6.45, 7) is 2.14. The van der Waals surface area contributed by atoms with E-state index in [1.54, 1.807) is 24.3 Å². The van der Waals surface area contributed by atoms with Gasteiger partial charge in [-0.1, -0.05) is 0 Å². The molecule has 1 heterocycles. The van der Waals surface area contributed by atoms with Crippen LogP contribution >= 0.6 is 23.2 Å². The highest BCUT2D eigenvalue weighted by Gasteiger charge is 2.12. The van der Waals surface area contributed by atoms with Crippen molar-refractivity contribution >= 4 is 33.7 Å². The second-order valence-electron chi connectivity index (χ2n) is 6.49. The lowest BCUT2D eigenvalue weighted by Gasteiger charge is -2.16. The molecule has 0 N–H and O–H groups in total. The summed E-state index contributed by atoms with van der Waals surface area (Å²) in [5.74, 6) is 1.70. The van der Waals surface area contributed by atoms with Gasteiger partial charge in [0.2, 0.25) is 0 Å². The first-order valence-electron chi connectivity index (χ1n) is 9.89. The van der Waals surface area contributed by atoms with Crippen LogP contribution in [-0.4, -0.2) is 63.3 Å². The lowest BCUT2D eigenvalue weighted by molar-refractivity contribution is 0.0639. The van der Waals surface area contributed by atoms with Crippen LogP contribution < -0.4 is 18.9 Å². The zero-order valence-electron chi connectivity index (χ0n) is 17.1. The first kappa shape index (κ1) is 24.1. The molecular weight excluding hydrogens is 463 g/mol. The Bertz CT molecular complexity index is 861. The number of halogens is 2. The molecule has 32 heavy (non-hydrogen) atoms. The average Bonchev–Trinajstić information content (AvgIpc) is 2.78. The fraction of sp³-hybridized carbons (Fsp3) is 0.364. The van der Waals surface area contributed by atoms with Crippen molar-refractivity contribution < 1.29 is 38.0 Å². The number of hydrogen-bond donors (Lipinski definition) is 0. The first-order valence-corrected chi connectivity index (χ1v) is 10.6. The Balaban J connectivity index is 1.64. The topological polar surface area (TPSA) is 89.5 Å². The van der Waals surface area contributed by atoms with E-state index in [0.29, 0.717) is 47.3 Å². The van der Waals surface area contributed by atoms with Crippen LogP contribution in [0, 0.1) is 0 Å². The normalized spacial score (nSPS) is 15.8. The van der Waals surface area contributed by atoms with Gasteiger partial charge in [-0.3, -0.25) is 9.59 Å². The molecule has 1 aliphatic rings. The van der Waals surface area contributed by atoms with Crippen LogP contribution in [0.2, 0.25) is 0 Å². The Hall–Kier alpha value is -2.52. The van der Waals surface area contributed by atoms with E-state index in [-0.39, 0.29) is 39.6 Å². The van der Waals surface area contributed by atoms with Crippen LogP contribution in [0.4, 0.5) is 0 Å². The highest BCUT2D eigenvalue weighted by Crippen LogP contribution is 2.30. The molecule has 0 amide bonds. The maximum Gasteiger partial charge on any atom is 0.252 e. The lowest BCUT2D eigenvalue weighted by atomic mass is 10.2. The average molecular weight is 485 g/mol. The van der Waals surface area contributed by atoms with Gasteiger partial charge < -0.3 is 28.4 Å². The molecule has 0 fully saturated rings. The summed E-state index contributed by atoms with van der Waals surface area (Å²) >= 11 is 11.1. The van der Waals surface area contributed by atoms with Gasteiger partial charge in [0.25, 0.3) is 10.5 Å². The SMILES string of the molecule is O=C(Cl)c1ccc2c(c1)OCCOCCOc1cc(C(=O)Cl)ccc1OCCOCCO2. The van der Waals surface area contributed by atoms with Crippen LogP contribution in [0.25, 0.3) is 0 Å². The fourth-order valence-electron chi connectivity index (χ4n) is 2.77. The van der Waals surface area contributed by atoms with Crippen molar-refractivity contribution in [3.8, 4) is 23.0 Å². The zero-order valence-corrected chi connectivity index (χ0v) is 18.7. The second kappa shape index (κ2) is 12.5. The van der Waals surface area contributed by atoms with E-state index >= 15 is 0 Å². The highest BCUT2D eigenvalue weighted by atomic mass is 35.5. The van der Waals surface area contributed by atoms with Gasteiger partial charge in [0.1, 0.15) is 26.4 Å². The smallest absolute Gasteiger partial charge is 0.252 e. The molecular formula is C22H22Cl2O8. The van der Waals surface area contributed by atoms with Gasteiger partial charge in [0.05, 0.1) is 26.4 Å². The van der Waals surface area contributed by atoms with Gasteiger partial charge in [-0.2, -0.15) is 0 Å². The van der Waals surface area contributed by atoms with Crippen molar-refractivity contribution in [2.75, 3.05) is 52.9 Å². The molecule has 0 unspecified atom stereocenters. The molecule has 172 valence electrons. The van der Waals surface area contributed by atoms with Gasteiger partial charge >= 0.3 is 0 Å². The standard InChI is InChI=1S/C22H22Cl2O8/c23-21(25)15-1-3-17-19(13-15)31-11-7-28-8-12-32-20-14-16(22(24)26)2-4-18(20)30-10-6-27-5-9-29-17/h1-4,13-14H,5-12H2. The summed E-state index contributed by atoms with van der Waals surface area (Å²) in [4.78, 5) is 22.9. The van der Waals surface area contributed by atoms with Crippen LogP contribution in [-0.2, 0) is 9.47 Å². The summed E-state index contributed by atoms with van der Waals surface area (Å²) in [6.07, 6.45) is 0. The molecule has 0 radical (unpaired) electrons. The predicted molar refractivity (Wildman–Crippen MR) is 117 cm³/mol. The summed E-state index contributed by atoms with van der Waals surface area (Å²) < 4.78 is 33.9. The Morgan fingerprint density at radius 2 is 0.875 bits per heavy atom. The van der Waals surface area contributed by atoms with E-state index < -0.39 is 10.5 Å². The van der Waals surface area contributed by atoms with Crippen molar-refractivity contribution in [1.29, 1.82) is 0 Å². The van der Waals surface area contributed by atoms with E-state index in [1.165, 1.54) is 12.1 Å². The Morgan fingerprint density at radius 3 is 1.22 bits per heavy atom. The molecule has 0 aliphatic carbocycles. The number of fused-ring (bicyclic) bond motifs is 2. The number of carbonyl (C=O) groups excluding carboxylic acids is 2. The molecule has 10 heteroatoms. The predicted octanol–water partition coefficient (Wildman–Crippen LogP) is 3.71. The molecule has 3 rings (SSSR count). The molecule has 0 saturated heterocycles. The second-order valence-corrected chi connectivity index (χ2v) is 7.18. The van der Waals surface area contributed by atoms with Crippen LogP contribution in [0.5, 0.6) is 23.0 Å². The molecule has 0 bridgehead atoms. The van der Waals surface area contributed by atoms with Crippen molar-refractivity contribution in [1.82, 2.24) is 0 Å². The minimum Gasteiger partial charge on any atom is -0.487 e. The van der Waals surface area contributed by atoms with Crippen LogP contribution in [0.15, 0.2) is 36.4 Å². The third-order valence-electron chi connectivity index (χ3n) is 4.28. The number of carbonyl (C=O) groups is 2. The number of benzene rings is 2. The molecule has 0 atom stereocenters. The maximum absolute atomic E-state index is 11.4. The number of hydrogen-bond acceptors (Lipinski definition) is 8. The number of rotatable bonds is 2. The molecule has 0 spiro atoms. The quantitative estimate of drug-likeness (QED) is 0.595. The molecule has 1 aliphatic heterocycles. The third kappa shape index (κ3) is 7.27. The van der Waals surface area contributed by atoms with Gasteiger partial charge in [-0.15, -0.1) is 0 Å². The monoisotopic (exact) mass is 484 g/mol. The third-order valence-corrected chi connectivity index (χ3v) is 4.72.